The van der Waals surface area contributed by atoms with Crippen LogP contribution in [-0.4, -0.2) is 65.8 Å². The molecule has 0 unspecified atom stereocenters. The summed E-state index contributed by atoms with van der Waals surface area (Å²) >= 11 is 1.83. The largest absolute Gasteiger partial charge is 0.340 e. The molecule has 0 aliphatic carbocycles. The minimum atomic E-state index is -0.383. The molecule has 1 aromatic carbocycles. The van der Waals surface area contributed by atoms with E-state index in [0.717, 1.165) is 32.5 Å². The minimum Gasteiger partial charge on any atom is -0.340 e. The van der Waals surface area contributed by atoms with Crippen molar-refractivity contribution in [3.8, 4) is 0 Å². The molecule has 1 aromatic heterocycles. The van der Waals surface area contributed by atoms with Gasteiger partial charge in [0.05, 0.1) is 12.6 Å². The second-order valence-electron chi connectivity index (χ2n) is 10.1. The van der Waals surface area contributed by atoms with Crippen molar-refractivity contribution in [3.05, 3.63) is 57.3 Å². The summed E-state index contributed by atoms with van der Waals surface area (Å²) in [5.41, 5.74) is 3.52. The zero-order valence-corrected chi connectivity index (χ0v) is 20.6. The van der Waals surface area contributed by atoms with Crippen LogP contribution in [0.1, 0.15) is 54.8 Å². The van der Waals surface area contributed by atoms with Gasteiger partial charge in [0, 0.05) is 43.0 Å². The number of carbonyl (C=O) groups excluding carboxylic acids is 2. The fourth-order valence-corrected chi connectivity index (χ4v) is 5.82. The van der Waals surface area contributed by atoms with Crippen molar-refractivity contribution in [2.75, 3.05) is 39.3 Å². The van der Waals surface area contributed by atoms with Crippen LogP contribution in [0.15, 0.2) is 35.7 Å². The summed E-state index contributed by atoms with van der Waals surface area (Å²) in [6, 6.07) is 10.9. The van der Waals surface area contributed by atoms with Gasteiger partial charge in [-0.05, 0) is 47.9 Å². The topological polar surface area (TPSA) is 43.9 Å². The first-order valence-corrected chi connectivity index (χ1v) is 12.6. The molecular formula is C26H35N3O2S. The SMILES string of the molecule is Cc1ccccc1[C@H]1c2ccsc2CCN1CC(=O)N1CCCN(C(=O)C(C)(C)C)CC1. The van der Waals surface area contributed by atoms with E-state index in [1.165, 1.54) is 21.6 Å². The number of carbonyl (C=O) groups is 2. The van der Waals surface area contributed by atoms with Gasteiger partial charge < -0.3 is 9.80 Å². The summed E-state index contributed by atoms with van der Waals surface area (Å²) < 4.78 is 0. The van der Waals surface area contributed by atoms with E-state index in [4.69, 9.17) is 0 Å². The van der Waals surface area contributed by atoms with Gasteiger partial charge in [0.2, 0.25) is 11.8 Å². The van der Waals surface area contributed by atoms with E-state index in [1.807, 2.05) is 41.9 Å². The molecule has 2 aromatic rings. The van der Waals surface area contributed by atoms with Gasteiger partial charge in [-0.3, -0.25) is 14.5 Å². The molecule has 0 spiro atoms. The molecule has 1 atom stereocenters. The van der Waals surface area contributed by atoms with Gasteiger partial charge in [0.15, 0.2) is 0 Å². The highest BCUT2D eigenvalue weighted by Gasteiger charge is 2.34. The summed E-state index contributed by atoms with van der Waals surface area (Å²) in [7, 11) is 0. The van der Waals surface area contributed by atoms with Crippen molar-refractivity contribution in [2.45, 2.75) is 46.6 Å². The number of rotatable bonds is 3. The first kappa shape index (κ1) is 23.0. The maximum absolute atomic E-state index is 13.4. The third kappa shape index (κ3) is 4.76. The molecule has 2 amide bonds. The van der Waals surface area contributed by atoms with Crippen molar-refractivity contribution in [2.24, 2.45) is 5.41 Å². The van der Waals surface area contributed by atoms with Crippen LogP contribution >= 0.6 is 11.3 Å². The zero-order chi connectivity index (χ0) is 22.9. The van der Waals surface area contributed by atoms with E-state index in [0.29, 0.717) is 19.6 Å². The van der Waals surface area contributed by atoms with Crippen molar-refractivity contribution in [3.63, 3.8) is 0 Å². The van der Waals surface area contributed by atoms with Crippen LogP contribution in [0.4, 0.5) is 0 Å². The van der Waals surface area contributed by atoms with Gasteiger partial charge in [0.25, 0.3) is 0 Å². The maximum atomic E-state index is 13.4. The normalized spacial score (nSPS) is 20.1. The molecule has 2 aliphatic heterocycles. The lowest BCUT2D eigenvalue weighted by Crippen LogP contribution is -2.46. The molecule has 4 rings (SSSR count). The molecule has 32 heavy (non-hydrogen) atoms. The Kier molecular flexibility index (Phi) is 6.72. The van der Waals surface area contributed by atoms with Crippen LogP contribution in [0, 0.1) is 12.3 Å². The van der Waals surface area contributed by atoms with Crippen LogP contribution in [-0.2, 0) is 16.0 Å². The average molecular weight is 454 g/mol. The first-order chi connectivity index (χ1) is 15.3. The fourth-order valence-electron chi connectivity index (χ4n) is 4.91. The van der Waals surface area contributed by atoms with Gasteiger partial charge in [0.1, 0.15) is 0 Å². The number of thiophene rings is 1. The summed E-state index contributed by atoms with van der Waals surface area (Å²) in [5, 5.41) is 2.18. The first-order valence-electron chi connectivity index (χ1n) is 11.7. The Hall–Kier alpha value is -2.18. The van der Waals surface area contributed by atoms with Gasteiger partial charge >= 0.3 is 0 Å². The number of nitrogens with zero attached hydrogens (tertiary/aromatic N) is 3. The van der Waals surface area contributed by atoms with Gasteiger partial charge in [-0.2, -0.15) is 0 Å². The molecule has 0 saturated carbocycles. The third-order valence-electron chi connectivity index (χ3n) is 6.66. The van der Waals surface area contributed by atoms with Crippen molar-refractivity contribution in [1.82, 2.24) is 14.7 Å². The average Bonchev–Trinajstić information content (AvgIpc) is 3.09. The Morgan fingerprint density at radius 3 is 2.44 bits per heavy atom. The number of hydrogen-bond acceptors (Lipinski definition) is 4. The highest BCUT2D eigenvalue weighted by atomic mass is 32.1. The number of hydrogen-bond donors (Lipinski definition) is 0. The van der Waals surface area contributed by atoms with Crippen molar-refractivity contribution >= 4 is 23.2 Å². The lowest BCUT2D eigenvalue weighted by Gasteiger charge is -2.37. The third-order valence-corrected chi connectivity index (χ3v) is 7.66. The second-order valence-corrected chi connectivity index (χ2v) is 11.1. The zero-order valence-electron chi connectivity index (χ0n) is 19.8. The molecule has 3 heterocycles. The Morgan fingerprint density at radius 1 is 0.969 bits per heavy atom. The molecule has 6 heteroatoms. The number of fused-ring (bicyclic) bond motifs is 1. The van der Waals surface area contributed by atoms with E-state index in [9.17, 15) is 9.59 Å². The van der Waals surface area contributed by atoms with E-state index in [-0.39, 0.29) is 23.3 Å². The predicted molar refractivity (Wildman–Crippen MR) is 130 cm³/mol. The molecule has 0 bridgehead atoms. The molecular weight excluding hydrogens is 418 g/mol. The Labute approximate surface area is 196 Å². The number of amides is 2. The standard InChI is InChI=1S/C26H35N3O2S/c1-19-8-5-6-9-20(19)24-21-11-17-32-22(21)10-14-29(24)18-23(30)27-12-7-13-28(16-15-27)25(31)26(2,3)4/h5-6,8-9,11,17,24H,7,10,12-16,18H2,1-4H3/t24-/m0/s1. The molecule has 1 fully saturated rings. The fraction of sp³-hybridized carbons (Fsp3) is 0.538. The molecule has 1 saturated heterocycles. The van der Waals surface area contributed by atoms with Gasteiger partial charge in [-0.25, -0.2) is 0 Å². The molecule has 5 nitrogen and oxygen atoms in total. The van der Waals surface area contributed by atoms with E-state index < -0.39 is 0 Å². The molecule has 0 radical (unpaired) electrons. The van der Waals surface area contributed by atoms with Gasteiger partial charge in [-0.1, -0.05) is 45.0 Å². The summed E-state index contributed by atoms with van der Waals surface area (Å²) in [4.78, 5) is 33.8. The number of aryl methyl sites for hydroxylation is 1. The highest BCUT2D eigenvalue weighted by molar-refractivity contribution is 7.10. The van der Waals surface area contributed by atoms with Crippen LogP contribution in [0.2, 0.25) is 0 Å². The van der Waals surface area contributed by atoms with Crippen LogP contribution in [0.5, 0.6) is 0 Å². The van der Waals surface area contributed by atoms with Crippen LogP contribution in [0.3, 0.4) is 0 Å². The summed E-state index contributed by atoms with van der Waals surface area (Å²) in [5.74, 6) is 0.347. The van der Waals surface area contributed by atoms with Crippen molar-refractivity contribution in [1.29, 1.82) is 0 Å². The summed E-state index contributed by atoms with van der Waals surface area (Å²) in [6.07, 6.45) is 1.83. The van der Waals surface area contributed by atoms with Gasteiger partial charge in [-0.15, -0.1) is 11.3 Å². The minimum absolute atomic E-state index is 0.126. The Morgan fingerprint density at radius 2 is 1.69 bits per heavy atom. The molecule has 0 N–H and O–H groups in total. The maximum Gasteiger partial charge on any atom is 0.236 e. The van der Waals surface area contributed by atoms with E-state index in [2.05, 4.69) is 47.5 Å². The number of benzene rings is 1. The van der Waals surface area contributed by atoms with Crippen LogP contribution < -0.4 is 0 Å². The van der Waals surface area contributed by atoms with Crippen molar-refractivity contribution < 1.29 is 9.59 Å². The molecule has 172 valence electrons. The van der Waals surface area contributed by atoms with E-state index >= 15 is 0 Å². The smallest absolute Gasteiger partial charge is 0.236 e. The second kappa shape index (κ2) is 9.36. The highest BCUT2D eigenvalue weighted by Crippen LogP contribution is 2.38. The lowest BCUT2D eigenvalue weighted by molar-refractivity contribution is -0.140. The van der Waals surface area contributed by atoms with Crippen LogP contribution in [0.25, 0.3) is 0 Å². The Balaban J connectivity index is 1.49. The summed E-state index contributed by atoms with van der Waals surface area (Å²) in [6.45, 7) is 12.0. The molecule has 2 aliphatic rings. The lowest BCUT2D eigenvalue weighted by atomic mass is 9.90. The van der Waals surface area contributed by atoms with E-state index in [1.54, 1.807) is 0 Å². The predicted octanol–water partition coefficient (Wildman–Crippen LogP) is 4.11. The Bertz CT molecular complexity index is 977. The monoisotopic (exact) mass is 453 g/mol. The quantitative estimate of drug-likeness (QED) is 0.703.